The third kappa shape index (κ3) is 2.37. The van der Waals surface area contributed by atoms with Crippen molar-refractivity contribution < 1.29 is 9.47 Å². The third-order valence-corrected chi connectivity index (χ3v) is 3.07. The van der Waals surface area contributed by atoms with E-state index in [4.69, 9.17) is 20.9 Å². The average Bonchev–Trinajstić information content (AvgIpc) is 2.26. The van der Waals surface area contributed by atoms with Gasteiger partial charge in [-0.3, -0.25) is 0 Å². The molecule has 0 aromatic heterocycles. The van der Waals surface area contributed by atoms with Gasteiger partial charge < -0.3 is 20.9 Å². The molecule has 0 spiro atoms. The van der Waals surface area contributed by atoms with Gasteiger partial charge in [0.1, 0.15) is 13.2 Å². The number of fused-ring (bicyclic) bond motifs is 1. The molecule has 1 aliphatic heterocycles. The Bertz CT molecular complexity index is 424. The number of rotatable bonds is 2. The van der Waals surface area contributed by atoms with Crippen molar-refractivity contribution in [2.75, 3.05) is 13.2 Å². The van der Waals surface area contributed by atoms with Crippen LogP contribution in [0.3, 0.4) is 0 Å². The van der Waals surface area contributed by atoms with Crippen molar-refractivity contribution in [3.63, 3.8) is 0 Å². The Morgan fingerprint density at radius 3 is 2.24 bits per heavy atom. The Balaban J connectivity index is 2.41. The lowest BCUT2D eigenvalue weighted by atomic mass is 9.88. The van der Waals surface area contributed by atoms with E-state index < -0.39 is 5.54 Å². The summed E-state index contributed by atoms with van der Waals surface area (Å²) in [4.78, 5) is 0. The topological polar surface area (TPSA) is 70.5 Å². The maximum atomic E-state index is 6.18. The summed E-state index contributed by atoms with van der Waals surface area (Å²) in [5.74, 6) is 1.55. The van der Waals surface area contributed by atoms with Crippen LogP contribution in [-0.2, 0) is 0 Å². The molecule has 0 fully saturated rings. The number of hydrogen-bond acceptors (Lipinski definition) is 4. The number of aryl methyl sites for hydroxylation is 1. The minimum atomic E-state index is -0.464. The molecule has 1 heterocycles. The molecule has 1 aliphatic rings. The first-order chi connectivity index (χ1) is 7.89. The Labute approximate surface area is 102 Å². The molecule has 1 aromatic rings. The van der Waals surface area contributed by atoms with Crippen LogP contribution in [-0.4, -0.2) is 18.8 Å². The van der Waals surface area contributed by atoms with E-state index in [0.29, 0.717) is 13.2 Å². The summed E-state index contributed by atoms with van der Waals surface area (Å²) >= 11 is 0. The molecule has 0 amide bonds. The normalized spacial score (nSPS) is 16.8. The van der Waals surface area contributed by atoms with Crippen molar-refractivity contribution in [2.45, 2.75) is 32.4 Å². The Morgan fingerprint density at radius 1 is 1.18 bits per heavy atom. The van der Waals surface area contributed by atoms with Crippen LogP contribution < -0.4 is 20.9 Å². The quantitative estimate of drug-likeness (QED) is 0.816. The first-order valence-electron chi connectivity index (χ1n) is 5.84. The fraction of sp³-hybridized carbons (Fsp3) is 0.538. The predicted octanol–water partition coefficient (Wildman–Crippen LogP) is 1.50. The first-order valence-corrected chi connectivity index (χ1v) is 5.84. The van der Waals surface area contributed by atoms with E-state index in [-0.39, 0.29) is 6.04 Å². The highest BCUT2D eigenvalue weighted by molar-refractivity contribution is 5.49. The zero-order valence-electron chi connectivity index (χ0n) is 10.6. The Hall–Kier alpha value is -1.26. The van der Waals surface area contributed by atoms with Crippen molar-refractivity contribution in [2.24, 2.45) is 11.5 Å². The van der Waals surface area contributed by atoms with Crippen LogP contribution in [0.25, 0.3) is 0 Å². The van der Waals surface area contributed by atoms with Gasteiger partial charge in [-0.25, -0.2) is 0 Å². The second-order valence-electron chi connectivity index (χ2n) is 5.15. The van der Waals surface area contributed by atoms with Crippen molar-refractivity contribution in [1.29, 1.82) is 0 Å². The third-order valence-electron chi connectivity index (χ3n) is 3.07. The van der Waals surface area contributed by atoms with Gasteiger partial charge in [-0.2, -0.15) is 0 Å². The molecule has 0 radical (unpaired) electrons. The molecule has 4 N–H and O–H groups in total. The van der Waals surface area contributed by atoms with Crippen molar-refractivity contribution in [3.8, 4) is 11.5 Å². The maximum Gasteiger partial charge on any atom is 0.161 e. The summed E-state index contributed by atoms with van der Waals surface area (Å²) < 4.78 is 11.1. The summed E-state index contributed by atoms with van der Waals surface area (Å²) in [5.41, 5.74) is 13.9. The van der Waals surface area contributed by atoms with E-state index in [1.54, 1.807) is 0 Å². The summed E-state index contributed by atoms with van der Waals surface area (Å²) in [6.45, 7) is 7.04. The van der Waals surface area contributed by atoms with E-state index in [0.717, 1.165) is 22.6 Å². The number of ether oxygens (including phenoxy) is 2. The van der Waals surface area contributed by atoms with Crippen LogP contribution in [0.5, 0.6) is 11.5 Å². The summed E-state index contributed by atoms with van der Waals surface area (Å²) in [7, 11) is 0. The molecule has 17 heavy (non-hydrogen) atoms. The highest BCUT2D eigenvalue weighted by atomic mass is 16.6. The molecule has 1 atom stereocenters. The van der Waals surface area contributed by atoms with Crippen molar-refractivity contribution >= 4 is 0 Å². The summed E-state index contributed by atoms with van der Waals surface area (Å²) in [6, 6.07) is 3.69. The van der Waals surface area contributed by atoms with E-state index in [9.17, 15) is 0 Å². The minimum absolute atomic E-state index is 0.224. The number of hydrogen-bond donors (Lipinski definition) is 2. The Morgan fingerprint density at radius 2 is 1.71 bits per heavy atom. The summed E-state index contributed by atoms with van der Waals surface area (Å²) in [5, 5.41) is 0. The zero-order valence-corrected chi connectivity index (χ0v) is 10.6. The highest BCUT2D eigenvalue weighted by Gasteiger charge is 2.26. The van der Waals surface area contributed by atoms with Crippen LogP contribution in [0.2, 0.25) is 0 Å². The molecule has 0 aliphatic carbocycles. The van der Waals surface area contributed by atoms with Crippen LogP contribution in [0.15, 0.2) is 12.1 Å². The van der Waals surface area contributed by atoms with Gasteiger partial charge in [0.05, 0.1) is 0 Å². The highest BCUT2D eigenvalue weighted by Crippen LogP contribution is 2.36. The van der Waals surface area contributed by atoms with Gasteiger partial charge in [0.2, 0.25) is 0 Å². The molecule has 4 heteroatoms. The van der Waals surface area contributed by atoms with Crippen molar-refractivity contribution in [3.05, 3.63) is 23.3 Å². The van der Waals surface area contributed by atoms with E-state index in [2.05, 4.69) is 0 Å². The van der Waals surface area contributed by atoms with Crippen LogP contribution in [0.1, 0.15) is 31.0 Å². The predicted molar refractivity (Wildman–Crippen MR) is 67.4 cm³/mol. The van der Waals surface area contributed by atoms with Gasteiger partial charge in [0.25, 0.3) is 0 Å². The van der Waals surface area contributed by atoms with Crippen LogP contribution in [0, 0.1) is 6.92 Å². The van der Waals surface area contributed by atoms with Gasteiger partial charge in [0, 0.05) is 11.6 Å². The fourth-order valence-electron chi connectivity index (χ4n) is 1.94. The molecule has 0 saturated heterocycles. The first kappa shape index (κ1) is 12.2. The van der Waals surface area contributed by atoms with Crippen LogP contribution in [0.4, 0.5) is 0 Å². The lowest BCUT2D eigenvalue weighted by Crippen LogP contribution is -2.44. The molecule has 1 aromatic carbocycles. The molecule has 1 unspecified atom stereocenters. The summed E-state index contributed by atoms with van der Waals surface area (Å²) in [6.07, 6.45) is 0. The smallest absolute Gasteiger partial charge is 0.161 e. The monoisotopic (exact) mass is 236 g/mol. The molecular weight excluding hydrogens is 216 g/mol. The molecule has 2 rings (SSSR count). The van der Waals surface area contributed by atoms with E-state index in [1.807, 2.05) is 32.9 Å². The van der Waals surface area contributed by atoms with Gasteiger partial charge in [0.15, 0.2) is 11.5 Å². The SMILES string of the molecule is Cc1cc2c(cc1C(N)C(C)(C)N)OCCO2. The van der Waals surface area contributed by atoms with Gasteiger partial charge in [-0.05, 0) is 44.0 Å². The van der Waals surface area contributed by atoms with E-state index >= 15 is 0 Å². The van der Waals surface area contributed by atoms with Gasteiger partial charge >= 0.3 is 0 Å². The number of nitrogens with two attached hydrogens (primary N) is 2. The largest absolute Gasteiger partial charge is 0.486 e. The zero-order chi connectivity index (χ0) is 12.6. The number of benzene rings is 1. The van der Waals surface area contributed by atoms with Gasteiger partial charge in [-0.1, -0.05) is 0 Å². The van der Waals surface area contributed by atoms with Crippen molar-refractivity contribution in [1.82, 2.24) is 0 Å². The standard InChI is InChI=1S/C13H20N2O2/c1-8-6-10-11(17-5-4-16-10)7-9(8)12(14)13(2,3)15/h6-7,12H,4-5,14-15H2,1-3H3. The second kappa shape index (κ2) is 4.20. The Kier molecular flexibility index (Phi) is 3.02. The van der Waals surface area contributed by atoms with E-state index in [1.165, 1.54) is 0 Å². The molecule has 0 bridgehead atoms. The average molecular weight is 236 g/mol. The minimum Gasteiger partial charge on any atom is -0.486 e. The second-order valence-corrected chi connectivity index (χ2v) is 5.15. The molecular formula is C13H20N2O2. The molecule has 0 saturated carbocycles. The fourth-order valence-corrected chi connectivity index (χ4v) is 1.94. The maximum absolute atomic E-state index is 6.18. The van der Waals surface area contributed by atoms with Crippen LogP contribution >= 0.6 is 0 Å². The lowest BCUT2D eigenvalue weighted by Gasteiger charge is -2.30. The lowest BCUT2D eigenvalue weighted by molar-refractivity contribution is 0.171. The van der Waals surface area contributed by atoms with Gasteiger partial charge in [-0.15, -0.1) is 0 Å². The molecule has 4 nitrogen and oxygen atoms in total. The molecule has 94 valence electrons.